The summed E-state index contributed by atoms with van der Waals surface area (Å²) in [5.74, 6) is 1.44. The highest BCUT2D eigenvalue weighted by Crippen LogP contribution is 2.43. The monoisotopic (exact) mass is 273 g/mol. The molecule has 2 nitrogen and oxygen atoms in total. The number of ether oxygens (including phenoxy) is 1. The molecule has 3 rings (SSSR count). The van der Waals surface area contributed by atoms with Crippen LogP contribution in [0.4, 0.5) is 0 Å². The van der Waals surface area contributed by atoms with Crippen LogP contribution in [-0.4, -0.2) is 13.7 Å². The van der Waals surface area contributed by atoms with Gasteiger partial charge < -0.3 is 10.1 Å². The summed E-state index contributed by atoms with van der Waals surface area (Å²) in [6, 6.07) is 11.0. The van der Waals surface area contributed by atoms with Crippen LogP contribution in [0.1, 0.15) is 32.8 Å². The van der Waals surface area contributed by atoms with Gasteiger partial charge in [-0.25, -0.2) is 0 Å². The Hall–Kier alpha value is -1.32. The lowest BCUT2D eigenvalue weighted by Gasteiger charge is -2.22. The van der Waals surface area contributed by atoms with E-state index in [2.05, 4.69) is 43.4 Å². The minimum atomic E-state index is 0.336. The Kier molecular flexibility index (Phi) is 3.33. The molecule has 1 aromatic carbocycles. The Bertz CT molecular complexity index is 590. The Labute approximate surface area is 118 Å². The predicted molar refractivity (Wildman–Crippen MR) is 80.3 cm³/mol. The van der Waals surface area contributed by atoms with Crippen LogP contribution in [0.2, 0.25) is 0 Å². The maximum absolute atomic E-state index is 5.83. The maximum atomic E-state index is 5.83. The molecule has 1 aliphatic heterocycles. The van der Waals surface area contributed by atoms with E-state index in [0.717, 1.165) is 12.4 Å². The number of rotatable bonds is 3. The largest absolute Gasteiger partial charge is 0.493 e. The van der Waals surface area contributed by atoms with Crippen molar-refractivity contribution in [3.05, 3.63) is 51.2 Å². The highest BCUT2D eigenvalue weighted by atomic mass is 32.1. The average molecular weight is 273 g/mol. The van der Waals surface area contributed by atoms with Gasteiger partial charge in [0.15, 0.2) is 0 Å². The molecule has 0 bridgehead atoms. The summed E-state index contributed by atoms with van der Waals surface area (Å²) in [6.07, 6.45) is 0. The molecule has 2 unspecified atom stereocenters. The van der Waals surface area contributed by atoms with Crippen molar-refractivity contribution in [1.29, 1.82) is 0 Å². The first-order valence-corrected chi connectivity index (χ1v) is 7.48. The van der Waals surface area contributed by atoms with E-state index in [4.69, 9.17) is 4.74 Å². The highest BCUT2D eigenvalue weighted by Gasteiger charge is 2.32. The Morgan fingerprint density at radius 2 is 2.11 bits per heavy atom. The number of fused-ring (bicyclic) bond motifs is 1. The van der Waals surface area contributed by atoms with Crippen molar-refractivity contribution < 1.29 is 4.74 Å². The molecule has 0 saturated carbocycles. The summed E-state index contributed by atoms with van der Waals surface area (Å²) >= 11 is 1.89. The number of nitrogens with one attached hydrogen (secondary N) is 1. The van der Waals surface area contributed by atoms with Gasteiger partial charge in [-0.15, -0.1) is 11.3 Å². The topological polar surface area (TPSA) is 21.3 Å². The van der Waals surface area contributed by atoms with Crippen molar-refractivity contribution in [3.8, 4) is 5.75 Å². The Balaban J connectivity index is 1.99. The van der Waals surface area contributed by atoms with E-state index < -0.39 is 0 Å². The second-order valence-corrected chi connectivity index (χ2v) is 6.41. The van der Waals surface area contributed by atoms with Gasteiger partial charge in [0.05, 0.1) is 12.6 Å². The maximum Gasteiger partial charge on any atom is 0.122 e. The van der Waals surface area contributed by atoms with Crippen molar-refractivity contribution in [1.82, 2.24) is 5.32 Å². The van der Waals surface area contributed by atoms with Crippen LogP contribution in [0.3, 0.4) is 0 Å². The zero-order chi connectivity index (χ0) is 13.4. The number of thiophene rings is 1. The van der Waals surface area contributed by atoms with E-state index in [9.17, 15) is 0 Å². The van der Waals surface area contributed by atoms with Gasteiger partial charge in [0.1, 0.15) is 5.75 Å². The minimum absolute atomic E-state index is 0.336. The summed E-state index contributed by atoms with van der Waals surface area (Å²) < 4.78 is 5.83. The van der Waals surface area contributed by atoms with E-state index >= 15 is 0 Å². The fourth-order valence-corrected chi connectivity index (χ4v) is 4.16. The molecule has 0 saturated heterocycles. The standard InChI is InChI=1S/C16H19NOS/c1-10-8-11(2)19-16(10)15(17-3)13-9-18-14-7-5-4-6-12(13)14/h4-8,13,15,17H,9H2,1-3H3. The SMILES string of the molecule is CNC(c1sc(C)cc1C)C1COc2ccccc21. The fraction of sp³-hybridized carbons (Fsp3) is 0.375. The summed E-state index contributed by atoms with van der Waals surface area (Å²) in [5, 5.41) is 3.49. The van der Waals surface area contributed by atoms with E-state index in [1.807, 2.05) is 24.5 Å². The number of hydrogen-bond donors (Lipinski definition) is 1. The van der Waals surface area contributed by atoms with Crippen LogP contribution in [0.5, 0.6) is 5.75 Å². The van der Waals surface area contributed by atoms with E-state index in [0.29, 0.717) is 12.0 Å². The van der Waals surface area contributed by atoms with Crippen LogP contribution in [0.15, 0.2) is 30.3 Å². The second-order valence-electron chi connectivity index (χ2n) is 5.13. The van der Waals surface area contributed by atoms with Gasteiger partial charge in [-0.3, -0.25) is 0 Å². The number of para-hydroxylation sites is 1. The van der Waals surface area contributed by atoms with Gasteiger partial charge in [-0.1, -0.05) is 18.2 Å². The van der Waals surface area contributed by atoms with Crippen LogP contribution in [0, 0.1) is 13.8 Å². The Morgan fingerprint density at radius 3 is 2.79 bits per heavy atom. The van der Waals surface area contributed by atoms with E-state index in [1.54, 1.807) is 0 Å². The number of aryl methyl sites for hydroxylation is 2. The second kappa shape index (κ2) is 4.99. The number of hydrogen-bond acceptors (Lipinski definition) is 3. The van der Waals surface area contributed by atoms with Crippen molar-refractivity contribution >= 4 is 11.3 Å². The molecule has 0 spiro atoms. The third-order valence-electron chi connectivity index (χ3n) is 3.81. The number of benzene rings is 1. The quantitative estimate of drug-likeness (QED) is 0.918. The molecule has 2 atom stereocenters. The average Bonchev–Trinajstić information content (AvgIpc) is 2.96. The normalized spacial score (nSPS) is 19.0. The molecule has 100 valence electrons. The zero-order valence-corrected chi connectivity index (χ0v) is 12.4. The molecular formula is C16H19NOS. The number of likely N-dealkylation sites (N-methyl/N-ethyl adjacent to an activating group) is 1. The molecule has 0 fully saturated rings. The van der Waals surface area contributed by atoms with E-state index in [-0.39, 0.29) is 0 Å². The molecule has 0 aliphatic carbocycles. The van der Waals surface area contributed by atoms with Crippen LogP contribution in [-0.2, 0) is 0 Å². The van der Waals surface area contributed by atoms with Gasteiger partial charge in [0, 0.05) is 21.2 Å². The molecule has 0 radical (unpaired) electrons. The summed E-state index contributed by atoms with van der Waals surface area (Å²) in [5.41, 5.74) is 2.71. The summed E-state index contributed by atoms with van der Waals surface area (Å²) in [4.78, 5) is 2.81. The lowest BCUT2D eigenvalue weighted by molar-refractivity contribution is 0.305. The fourth-order valence-electron chi connectivity index (χ4n) is 2.95. The third kappa shape index (κ3) is 2.17. The van der Waals surface area contributed by atoms with Gasteiger partial charge >= 0.3 is 0 Å². The van der Waals surface area contributed by atoms with Crippen LogP contribution >= 0.6 is 11.3 Å². The highest BCUT2D eigenvalue weighted by molar-refractivity contribution is 7.12. The van der Waals surface area contributed by atoms with E-state index in [1.165, 1.54) is 20.9 Å². The molecule has 1 aromatic heterocycles. The molecule has 3 heteroatoms. The molecule has 1 aliphatic rings. The first kappa shape index (κ1) is 12.7. The predicted octanol–water partition coefficient (Wildman–Crippen LogP) is 3.80. The smallest absolute Gasteiger partial charge is 0.122 e. The van der Waals surface area contributed by atoms with Crippen molar-refractivity contribution in [2.75, 3.05) is 13.7 Å². The van der Waals surface area contributed by atoms with Crippen molar-refractivity contribution in [3.63, 3.8) is 0 Å². The lowest BCUT2D eigenvalue weighted by Crippen LogP contribution is -2.24. The zero-order valence-electron chi connectivity index (χ0n) is 11.6. The molecule has 1 N–H and O–H groups in total. The first-order valence-electron chi connectivity index (χ1n) is 6.66. The molecule has 19 heavy (non-hydrogen) atoms. The van der Waals surface area contributed by atoms with Crippen molar-refractivity contribution in [2.45, 2.75) is 25.8 Å². The molecular weight excluding hydrogens is 254 g/mol. The van der Waals surface area contributed by atoms with Crippen molar-refractivity contribution in [2.24, 2.45) is 0 Å². The molecule has 0 amide bonds. The van der Waals surface area contributed by atoms with Crippen LogP contribution < -0.4 is 10.1 Å². The van der Waals surface area contributed by atoms with Gasteiger partial charge in [0.2, 0.25) is 0 Å². The third-order valence-corrected chi connectivity index (χ3v) is 5.05. The summed E-state index contributed by atoms with van der Waals surface area (Å²) in [7, 11) is 2.04. The van der Waals surface area contributed by atoms with Gasteiger partial charge in [-0.2, -0.15) is 0 Å². The van der Waals surface area contributed by atoms with Gasteiger partial charge in [-0.05, 0) is 38.6 Å². The molecule has 2 heterocycles. The minimum Gasteiger partial charge on any atom is -0.493 e. The Morgan fingerprint density at radius 1 is 1.32 bits per heavy atom. The lowest BCUT2D eigenvalue weighted by atomic mass is 9.91. The summed E-state index contributed by atoms with van der Waals surface area (Å²) in [6.45, 7) is 5.14. The molecule has 2 aromatic rings. The van der Waals surface area contributed by atoms with Gasteiger partial charge in [0.25, 0.3) is 0 Å². The first-order chi connectivity index (χ1) is 9.20. The van der Waals surface area contributed by atoms with Crippen LogP contribution in [0.25, 0.3) is 0 Å².